The number of benzene rings is 2. The number of hydrogen-bond donors (Lipinski definition) is 1. The Morgan fingerprint density at radius 1 is 1.07 bits per heavy atom. The number of ether oxygens (including phenoxy) is 1. The van der Waals surface area contributed by atoms with E-state index in [0.717, 1.165) is 23.3 Å². The summed E-state index contributed by atoms with van der Waals surface area (Å²) in [5.74, 6) is 2.66. The molecular weight excluding hydrogens is 374 g/mol. The molecule has 0 aliphatic rings. The van der Waals surface area contributed by atoms with Gasteiger partial charge in [0.2, 0.25) is 0 Å². The summed E-state index contributed by atoms with van der Waals surface area (Å²) in [7, 11) is 0. The number of aromatic nitrogens is 5. The van der Waals surface area contributed by atoms with Crippen LogP contribution in [0.25, 0.3) is 10.9 Å². The first-order chi connectivity index (χ1) is 13.7. The Kier molecular flexibility index (Phi) is 5.38. The van der Waals surface area contributed by atoms with Gasteiger partial charge in [0.25, 0.3) is 5.56 Å². The fraction of sp³-hybridized carbons (Fsp3) is 0.200. The molecule has 0 spiro atoms. The molecule has 28 heavy (non-hydrogen) atoms. The molecule has 0 fully saturated rings. The maximum Gasteiger partial charge on any atom is 0.258 e. The fourth-order valence-electron chi connectivity index (χ4n) is 2.85. The van der Waals surface area contributed by atoms with Gasteiger partial charge in [-0.25, -0.2) is 4.98 Å². The smallest absolute Gasteiger partial charge is 0.258 e. The van der Waals surface area contributed by atoms with E-state index in [1.165, 1.54) is 11.8 Å². The Hall–Kier alpha value is -3.13. The number of thioether (sulfide) groups is 1. The minimum atomic E-state index is -0.130. The van der Waals surface area contributed by atoms with Gasteiger partial charge in [0.05, 0.1) is 16.7 Å². The molecule has 0 aliphatic heterocycles. The highest BCUT2D eigenvalue weighted by atomic mass is 32.2. The predicted molar refractivity (Wildman–Crippen MR) is 108 cm³/mol. The highest BCUT2D eigenvalue weighted by Gasteiger charge is 2.13. The van der Waals surface area contributed by atoms with Crippen LogP contribution in [0.5, 0.6) is 5.75 Å². The van der Waals surface area contributed by atoms with Crippen molar-refractivity contribution in [2.45, 2.75) is 31.0 Å². The molecule has 0 atom stereocenters. The number of hydrogen-bond acceptors (Lipinski definition) is 6. The van der Waals surface area contributed by atoms with Crippen molar-refractivity contribution in [3.05, 3.63) is 76.6 Å². The molecule has 2 heterocycles. The average molecular weight is 393 g/mol. The van der Waals surface area contributed by atoms with Crippen molar-refractivity contribution in [3.8, 4) is 5.75 Å². The van der Waals surface area contributed by atoms with Crippen LogP contribution in [0.3, 0.4) is 0 Å². The number of nitrogens with zero attached hydrogens (tertiary/aromatic N) is 4. The van der Waals surface area contributed by atoms with Crippen molar-refractivity contribution in [2.24, 2.45) is 0 Å². The zero-order valence-corrected chi connectivity index (χ0v) is 16.1. The summed E-state index contributed by atoms with van der Waals surface area (Å²) in [5, 5.41) is 9.89. The van der Waals surface area contributed by atoms with Crippen LogP contribution in [0, 0.1) is 0 Å². The average Bonchev–Trinajstić information content (AvgIpc) is 3.13. The topological polar surface area (TPSA) is 85.7 Å². The van der Waals surface area contributed by atoms with Crippen LogP contribution in [0.4, 0.5) is 0 Å². The van der Waals surface area contributed by atoms with Crippen LogP contribution >= 0.6 is 11.8 Å². The maximum absolute atomic E-state index is 12.2. The van der Waals surface area contributed by atoms with E-state index in [-0.39, 0.29) is 5.56 Å². The van der Waals surface area contributed by atoms with E-state index in [1.54, 1.807) is 6.07 Å². The lowest BCUT2D eigenvalue weighted by molar-refractivity contribution is 0.288. The highest BCUT2D eigenvalue weighted by molar-refractivity contribution is 7.98. The molecule has 0 saturated heterocycles. The van der Waals surface area contributed by atoms with E-state index in [9.17, 15) is 4.79 Å². The van der Waals surface area contributed by atoms with Gasteiger partial charge in [-0.15, -0.1) is 10.2 Å². The molecule has 0 aliphatic carbocycles. The molecule has 2 aromatic heterocycles. The molecule has 0 saturated carbocycles. The molecule has 0 radical (unpaired) electrons. The normalized spacial score (nSPS) is 11.0. The zero-order chi connectivity index (χ0) is 19.3. The second-order valence-corrected chi connectivity index (χ2v) is 7.01. The van der Waals surface area contributed by atoms with Crippen LogP contribution < -0.4 is 10.3 Å². The van der Waals surface area contributed by atoms with Crippen molar-refractivity contribution in [2.75, 3.05) is 0 Å². The lowest BCUT2D eigenvalue weighted by Crippen LogP contribution is -2.11. The summed E-state index contributed by atoms with van der Waals surface area (Å²) >= 11 is 1.49. The Bertz CT molecular complexity index is 1140. The van der Waals surface area contributed by atoms with Gasteiger partial charge in [0.15, 0.2) is 11.0 Å². The lowest BCUT2D eigenvalue weighted by atomic mass is 10.2. The van der Waals surface area contributed by atoms with Crippen molar-refractivity contribution in [3.63, 3.8) is 0 Å². The van der Waals surface area contributed by atoms with Crippen LogP contribution in [-0.4, -0.2) is 24.7 Å². The van der Waals surface area contributed by atoms with Gasteiger partial charge in [-0.05, 0) is 31.2 Å². The van der Waals surface area contributed by atoms with E-state index in [0.29, 0.717) is 29.1 Å². The van der Waals surface area contributed by atoms with Crippen LogP contribution in [-0.2, 0) is 18.9 Å². The first-order valence-electron chi connectivity index (χ1n) is 8.95. The molecule has 0 bridgehead atoms. The van der Waals surface area contributed by atoms with Gasteiger partial charge in [0, 0.05) is 6.54 Å². The molecule has 1 N–H and O–H groups in total. The fourth-order valence-corrected chi connectivity index (χ4v) is 3.74. The molecule has 2 aromatic carbocycles. The van der Waals surface area contributed by atoms with Crippen LogP contribution in [0.15, 0.2) is 64.5 Å². The Labute approximate surface area is 165 Å². The van der Waals surface area contributed by atoms with Gasteiger partial charge in [-0.3, -0.25) is 4.79 Å². The van der Waals surface area contributed by atoms with Crippen molar-refractivity contribution in [1.29, 1.82) is 0 Å². The third-order valence-electron chi connectivity index (χ3n) is 4.22. The number of H-pyrrole nitrogens is 1. The first-order valence-corrected chi connectivity index (χ1v) is 9.94. The van der Waals surface area contributed by atoms with E-state index in [4.69, 9.17) is 4.74 Å². The third kappa shape index (κ3) is 3.91. The molecule has 7 nitrogen and oxygen atoms in total. The maximum atomic E-state index is 12.2. The van der Waals surface area contributed by atoms with E-state index in [1.807, 2.05) is 60.0 Å². The number of fused-ring (bicyclic) bond motifs is 1. The first kappa shape index (κ1) is 18.2. The van der Waals surface area contributed by atoms with Crippen molar-refractivity contribution < 1.29 is 4.74 Å². The van der Waals surface area contributed by atoms with Gasteiger partial charge in [0.1, 0.15) is 18.2 Å². The van der Waals surface area contributed by atoms with E-state index in [2.05, 4.69) is 20.2 Å². The van der Waals surface area contributed by atoms with Crippen LogP contribution in [0.2, 0.25) is 0 Å². The predicted octanol–water partition coefficient (Wildman–Crippen LogP) is 3.41. The van der Waals surface area contributed by atoms with E-state index >= 15 is 0 Å². The van der Waals surface area contributed by atoms with Gasteiger partial charge >= 0.3 is 0 Å². The molecule has 0 unspecified atom stereocenters. The summed E-state index contributed by atoms with van der Waals surface area (Å²) in [4.78, 5) is 19.6. The largest absolute Gasteiger partial charge is 0.486 e. The lowest BCUT2D eigenvalue weighted by Gasteiger charge is -2.09. The Morgan fingerprint density at radius 2 is 1.86 bits per heavy atom. The summed E-state index contributed by atoms with van der Waals surface area (Å²) < 4.78 is 7.79. The number of nitrogens with one attached hydrogen (secondary N) is 1. The van der Waals surface area contributed by atoms with Crippen molar-refractivity contribution in [1.82, 2.24) is 24.7 Å². The number of rotatable bonds is 7. The summed E-state index contributed by atoms with van der Waals surface area (Å²) in [5.41, 5.74) is 0.561. The quantitative estimate of drug-likeness (QED) is 0.484. The molecule has 4 aromatic rings. The Morgan fingerprint density at radius 3 is 2.68 bits per heavy atom. The Balaban J connectivity index is 1.48. The molecule has 142 valence electrons. The number of para-hydroxylation sites is 2. The minimum absolute atomic E-state index is 0.130. The molecular formula is C20H19N5O2S. The van der Waals surface area contributed by atoms with Gasteiger partial charge < -0.3 is 14.3 Å². The second kappa shape index (κ2) is 8.26. The third-order valence-corrected chi connectivity index (χ3v) is 5.20. The summed E-state index contributed by atoms with van der Waals surface area (Å²) in [6.07, 6.45) is 0. The summed E-state index contributed by atoms with van der Waals surface area (Å²) in [6, 6.07) is 16.9. The van der Waals surface area contributed by atoms with Gasteiger partial charge in [-0.1, -0.05) is 42.1 Å². The van der Waals surface area contributed by atoms with Gasteiger partial charge in [-0.2, -0.15) is 0 Å². The van der Waals surface area contributed by atoms with E-state index < -0.39 is 0 Å². The SMILES string of the molecule is CCn1c(COc2ccccc2)nnc1SCc1nc2ccccc2c(=O)[nH]1. The molecule has 8 heteroatoms. The zero-order valence-electron chi connectivity index (χ0n) is 15.3. The number of aromatic amines is 1. The van der Waals surface area contributed by atoms with Crippen molar-refractivity contribution >= 4 is 22.7 Å². The molecule has 4 rings (SSSR count). The van der Waals surface area contributed by atoms with Crippen LogP contribution in [0.1, 0.15) is 18.6 Å². The summed E-state index contributed by atoms with van der Waals surface area (Å²) in [6.45, 7) is 3.11. The second-order valence-electron chi connectivity index (χ2n) is 6.06. The minimum Gasteiger partial charge on any atom is -0.486 e. The molecule has 0 amide bonds. The monoisotopic (exact) mass is 393 g/mol. The highest BCUT2D eigenvalue weighted by Crippen LogP contribution is 2.21. The standard InChI is InChI=1S/C20H19N5O2S/c1-2-25-18(12-27-14-8-4-3-5-9-14)23-24-20(25)28-13-17-21-16-11-7-6-10-15(16)19(26)22-17/h3-11H,2,12-13H2,1H3,(H,21,22,26).